The second kappa shape index (κ2) is 9.75. The van der Waals surface area contributed by atoms with E-state index < -0.39 is 0 Å². The number of hydrogen-bond acceptors (Lipinski definition) is 4. The molecule has 0 spiro atoms. The number of amides is 1. The Kier molecular flexibility index (Phi) is 7.64. The van der Waals surface area contributed by atoms with Gasteiger partial charge in [-0.15, -0.1) is 11.8 Å². The highest BCUT2D eigenvalue weighted by molar-refractivity contribution is 7.99. The van der Waals surface area contributed by atoms with E-state index in [9.17, 15) is 4.79 Å². The summed E-state index contributed by atoms with van der Waals surface area (Å²) < 4.78 is 5.49. The lowest BCUT2D eigenvalue weighted by molar-refractivity contribution is -0.119. The first-order valence-electron chi connectivity index (χ1n) is 7.71. The predicted octanol–water partition coefficient (Wildman–Crippen LogP) is 1.90. The maximum absolute atomic E-state index is 11.8. The number of nitrogens with one attached hydrogen (secondary N) is 3. The van der Waals surface area contributed by atoms with E-state index in [0.29, 0.717) is 17.4 Å². The monoisotopic (exact) mass is 353 g/mol. The second-order valence-electron chi connectivity index (χ2n) is 5.44. The van der Waals surface area contributed by atoms with Crippen molar-refractivity contribution in [1.82, 2.24) is 16.2 Å². The molecule has 126 valence electrons. The van der Waals surface area contributed by atoms with Gasteiger partial charge in [-0.25, -0.2) is 0 Å². The van der Waals surface area contributed by atoms with Crippen LogP contribution in [0.25, 0.3) is 0 Å². The summed E-state index contributed by atoms with van der Waals surface area (Å²) in [6.45, 7) is 3.57. The summed E-state index contributed by atoms with van der Waals surface area (Å²) in [6, 6.07) is 8.20. The minimum absolute atomic E-state index is 0.0927. The molecule has 1 amide bonds. The summed E-state index contributed by atoms with van der Waals surface area (Å²) in [5.74, 6) is 1.11. The van der Waals surface area contributed by atoms with Crippen LogP contribution >= 0.6 is 24.0 Å². The maximum atomic E-state index is 11.8. The fourth-order valence-electron chi connectivity index (χ4n) is 2.24. The molecular formula is C16H23N3O2S2. The van der Waals surface area contributed by atoms with Crippen LogP contribution in [-0.2, 0) is 15.3 Å². The van der Waals surface area contributed by atoms with Crippen molar-refractivity contribution in [3.8, 4) is 0 Å². The molecule has 0 unspecified atom stereocenters. The Bertz CT molecular complexity index is 534. The topological polar surface area (TPSA) is 62.4 Å². The molecular weight excluding hydrogens is 330 g/mol. The first kappa shape index (κ1) is 18.0. The third-order valence-corrected chi connectivity index (χ3v) is 4.81. The van der Waals surface area contributed by atoms with E-state index in [4.69, 9.17) is 17.0 Å². The van der Waals surface area contributed by atoms with Gasteiger partial charge in [0.1, 0.15) is 0 Å². The Morgan fingerprint density at radius 2 is 2.22 bits per heavy atom. The van der Waals surface area contributed by atoms with Gasteiger partial charge in [0.25, 0.3) is 0 Å². The Labute approximate surface area is 146 Å². The van der Waals surface area contributed by atoms with Crippen molar-refractivity contribution in [2.24, 2.45) is 0 Å². The Morgan fingerprint density at radius 3 is 2.96 bits per heavy atom. The molecule has 1 saturated heterocycles. The molecule has 23 heavy (non-hydrogen) atoms. The van der Waals surface area contributed by atoms with Crippen LogP contribution < -0.4 is 16.2 Å². The van der Waals surface area contributed by atoms with Crippen LogP contribution in [0.3, 0.4) is 0 Å². The van der Waals surface area contributed by atoms with E-state index in [-0.39, 0.29) is 12.0 Å². The molecule has 1 aliphatic rings. The van der Waals surface area contributed by atoms with E-state index >= 15 is 0 Å². The van der Waals surface area contributed by atoms with Crippen molar-refractivity contribution in [3.63, 3.8) is 0 Å². The van der Waals surface area contributed by atoms with Gasteiger partial charge in [-0.3, -0.25) is 15.6 Å². The van der Waals surface area contributed by atoms with E-state index in [1.165, 1.54) is 11.1 Å². The van der Waals surface area contributed by atoms with Gasteiger partial charge in [0.2, 0.25) is 5.91 Å². The molecule has 7 heteroatoms. The quantitative estimate of drug-likeness (QED) is 0.536. The molecule has 0 aromatic heterocycles. The Morgan fingerprint density at radius 1 is 1.39 bits per heavy atom. The van der Waals surface area contributed by atoms with Crippen LogP contribution in [-0.4, -0.2) is 36.0 Å². The number of aryl methyl sites for hydroxylation is 1. The second-order valence-corrected chi connectivity index (χ2v) is 6.83. The third-order valence-electron chi connectivity index (χ3n) is 3.58. The fraction of sp³-hybridized carbons (Fsp3) is 0.500. The number of ether oxygens (including phenoxy) is 1. The molecule has 3 N–H and O–H groups in total. The molecule has 1 aliphatic heterocycles. The van der Waals surface area contributed by atoms with Gasteiger partial charge < -0.3 is 10.1 Å². The predicted molar refractivity (Wildman–Crippen MR) is 98.2 cm³/mol. The number of rotatable bonds is 6. The van der Waals surface area contributed by atoms with Gasteiger partial charge in [-0.1, -0.05) is 24.3 Å². The molecule has 0 saturated carbocycles. The molecule has 2 rings (SSSR count). The maximum Gasteiger partial charge on any atom is 0.248 e. The number of carbonyl (C=O) groups excluding carboxylic acids is 1. The summed E-state index contributed by atoms with van der Waals surface area (Å²) in [5, 5.41) is 3.46. The molecule has 1 aromatic rings. The number of hydrazine groups is 1. The highest BCUT2D eigenvalue weighted by Crippen LogP contribution is 2.15. The average Bonchev–Trinajstić information content (AvgIpc) is 3.06. The zero-order valence-corrected chi connectivity index (χ0v) is 14.9. The van der Waals surface area contributed by atoms with E-state index in [0.717, 1.165) is 25.2 Å². The van der Waals surface area contributed by atoms with Crippen molar-refractivity contribution in [3.05, 3.63) is 35.4 Å². The van der Waals surface area contributed by atoms with E-state index in [2.05, 4.69) is 35.2 Å². The van der Waals surface area contributed by atoms with Crippen LogP contribution in [0.5, 0.6) is 0 Å². The first-order valence-corrected chi connectivity index (χ1v) is 9.28. The van der Waals surface area contributed by atoms with E-state index in [1.54, 1.807) is 11.8 Å². The largest absolute Gasteiger partial charge is 0.376 e. The van der Waals surface area contributed by atoms with Gasteiger partial charge in [0.05, 0.1) is 11.9 Å². The van der Waals surface area contributed by atoms with E-state index in [1.807, 2.05) is 12.1 Å². The lowest BCUT2D eigenvalue weighted by Crippen LogP contribution is -2.48. The number of thiocarbonyl (C=S) groups is 1. The smallest absolute Gasteiger partial charge is 0.248 e. The zero-order valence-electron chi connectivity index (χ0n) is 13.3. The van der Waals surface area contributed by atoms with Crippen LogP contribution in [0.4, 0.5) is 0 Å². The van der Waals surface area contributed by atoms with Gasteiger partial charge in [-0.2, -0.15) is 0 Å². The Hall–Kier alpha value is -1.31. The van der Waals surface area contributed by atoms with Crippen molar-refractivity contribution >= 4 is 35.0 Å². The summed E-state index contributed by atoms with van der Waals surface area (Å²) in [7, 11) is 0. The molecule has 0 aliphatic carbocycles. The molecule has 1 aromatic carbocycles. The highest BCUT2D eigenvalue weighted by Gasteiger charge is 2.15. The molecule has 1 fully saturated rings. The van der Waals surface area contributed by atoms with Crippen molar-refractivity contribution in [2.45, 2.75) is 31.6 Å². The SMILES string of the molecule is Cc1ccccc1CSCC(=O)NNC(=S)NC[C@@H]1CCCO1. The number of carbonyl (C=O) groups is 1. The summed E-state index contributed by atoms with van der Waals surface area (Å²) >= 11 is 6.69. The van der Waals surface area contributed by atoms with Crippen LogP contribution in [0, 0.1) is 6.92 Å². The van der Waals surface area contributed by atoms with Gasteiger partial charge >= 0.3 is 0 Å². The number of thioether (sulfide) groups is 1. The highest BCUT2D eigenvalue weighted by atomic mass is 32.2. The molecule has 1 heterocycles. The minimum Gasteiger partial charge on any atom is -0.376 e. The van der Waals surface area contributed by atoms with Gasteiger partial charge in [0, 0.05) is 18.9 Å². The molecule has 5 nitrogen and oxygen atoms in total. The summed E-state index contributed by atoms with van der Waals surface area (Å²) in [6.07, 6.45) is 2.37. The fourth-order valence-corrected chi connectivity index (χ4v) is 3.28. The zero-order chi connectivity index (χ0) is 16.5. The Balaban J connectivity index is 1.55. The van der Waals surface area contributed by atoms with Gasteiger partial charge in [-0.05, 0) is 43.1 Å². The van der Waals surface area contributed by atoms with Crippen molar-refractivity contribution in [1.29, 1.82) is 0 Å². The van der Waals surface area contributed by atoms with Crippen LogP contribution in [0.1, 0.15) is 24.0 Å². The third kappa shape index (κ3) is 6.76. The summed E-state index contributed by atoms with van der Waals surface area (Å²) in [4.78, 5) is 11.8. The minimum atomic E-state index is -0.0927. The number of hydrogen-bond donors (Lipinski definition) is 3. The van der Waals surface area contributed by atoms with Crippen molar-refractivity contribution in [2.75, 3.05) is 18.9 Å². The van der Waals surface area contributed by atoms with Crippen LogP contribution in [0.2, 0.25) is 0 Å². The molecule has 0 radical (unpaired) electrons. The standard InChI is InChI=1S/C16H23N3O2S2/c1-12-5-2-3-6-13(12)10-23-11-15(20)18-19-16(22)17-9-14-7-4-8-21-14/h2-3,5-6,14H,4,7-11H2,1H3,(H,18,20)(H2,17,19,22)/t14-/m0/s1. The summed E-state index contributed by atoms with van der Waals surface area (Å²) in [5.41, 5.74) is 7.83. The lowest BCUT2D eigenvalue weighted by Gasteiger charge is -2.14. The molecule has 0 bridgehead atoms. The van der Waals surface area contributed by atoms with Gasteiger partial charge in [0.15, 0.2) is 5.11 Å². The van der Waals surface area contributed by atoms with Crippen LogP contribution in [0.15, 0.2) is 24.3 Å². The van der Waals surface area contributed by atoms with Crippen molar-refractivity contribution < 1.29 is 9.53 Å². The number of benzene rings is 1. The lowest BCUT2D eigenvalue weighted by atomic mass is 10.1. The normalized spacial score (nSPS) is 16.8. The first-order chi connectivity index (χ1) is 11.1. The average molecular weight is 354 g/mol. The molecule has 1 atom stereocenters.